The van der Waals surface area contributed by atoms with Crippen LogP contribution in [0.5, 0.6) is 5.88 Å². The first-order chi connectivity index (χ1) is 15.1. The molecule has 1 amide bonds. The number of carbonyl (C=O) groups is 1. The Labute approximate surface area is 203 Å². The monoisotopic (exact) mass is 490 g/mol. The number of carbonyl (C=O) groups excluding carboxylic acids is 1. The molecule has 3 rings (SSSR count). The van der Waals surface area contributed by atoms with Gasteiger partial charge in [-0.1, -0.05) is 59.1 Å². The van der Waals surface area contributed by atoms with E-state index >= 15 is 0 Å². The van der Waals surface area contributed by atoms with Crippen LogP contribution < -0.4 is 10.1 Å². The van der Waals surface area contributed by atoms with Gasteiger partial charge in [-0.25, -0.2) is 4.98 Å². The molecule has 2 unspecified atom stereocenters. The van der Waals surface area contributed by atoms with Crippen LogP contribution in [0.3, 0.4) is 0 Å². The normalized spacial score (nSPS) is 13.3. The fourth-order valence-electron chi connectivity index (χ4n) is 3.41. The van der Waals surface area contributed by atoms with Crippen LogP contribution in [-0.2, 0) is 11.2 Å². The molecule has 32 heavy (non-hydrogen) atoms. The van der Waals surface area contributed by atoms with Gasteiger partial charge in [-0.15, -0.1) is 0 Å². The van der Waals surface area contributed by atoms with Gasteiger partial charge in [0.1, 0.15) is 0 Å². The molecule has 168 valence electrons. The molecule has 1 N–H and O–H groups in total. The van der Waals surface area contributed by atoms with Gasteiger partial charge >= 0.3 is 0 Å². The maximum atomic E-state index is 13.1. The minimum Gasteiger partial charge on any atom is -0.462 e. The maximum absolute atomic E-state index is 13.1. The molecule has 7 heteroatoms. The number of aromatic nitrogens is 1. The lowest BCUT2D eigenvalue weighted by molar-refractivity contribution is -0.135. The summed E-state index contributed by atoms with van der Waals surface area (Å²) < 4.78 is 5.84. The highest BCUT2D eigenvalue weighted by Gasteiger charge is 2.33. The Hall–Kier alpha value is -2.27. The van der Waals surface area contributed by atoms with Crippen molar-refractivity contribution < 1.29 is 9.53 Å². The first-order valence-corrected chi connectivity index (χ1v) is 11.4. The third-order valence-electron chi connectivity index (χ3n) is 5.21. The second-order valence-electron chi connectivity index (χ2n) is 8.18. The van der Waals surface area contributed by atoms with Gasteiger partial charge in [0, 0.05) is 34.3 Å². The van der Waals surface area contributed by atoms with E-state index in [9.17, 15) is 4.79 Å². The SMILES string of the molecule is CC(NC(=O)C(C)(C)Oc1ccc(Cl)cn1)C(Cc1ccc(Cl)cc1)c1cccc(Cl)c1. The zero-order valence-electron chi connectivity index (χ0n) is 18.1. The minimum atomic E-state index is -1.13. The zero-order chi connectivity index (χ0) is 23.3. The Morgan fingerprint density at radius 1 is 1.00 bits per heavy atom. The molecule has 2 aromatic carbocycles. The molecule has 0 radical (unpaired) electrons. The summed E-state index contributed by atoms with van der Waals surface area (Å²) in [5, 5.41) is 4.95. The fraction of sp³-hybridized carbons (Fsp3) is 0.280. The Kier molecular flexibility index (Phi) is 8.05. The molecule has 0 aliphatic carbocycles. The van der Waals surface area contributed by atoms with Crippen molar-refractivity contribution in [3.63, 3.8) is 0 Å². The van der Waals surface area contributed by atoms with Crippen molar-refractivity contribution in [1.82, 2.24) is 10.3 Å². The van der Waals surface area contributed by atoms with Crippen molar-refractivity contribution in [1.29, 1.82) is 0 Å². The summed E-state index contributed by atoms with van der Waals surface area (Å²) >= 11 is 18.2. The minimum absolute atomic E-state index is 0.0108. The number of hydrogen-bond donors (Lipinski definition) is 1. The van der Waals surface area contributed by atoms with Crippen LogP contribution in [0, 0.1) is 0 Å². The highest BCUT2D eigenvalue weighted by Crippen LogP contribution is 2.28. The van der Waals surface area contributed by atoms with E-state index in [4.69, 9.17) is 39.5 Å². The van der Waals surface area contributed by atoms with E-state index in [0.717, 1.165) is 11.1 Å². The third-order valence-corrected chi connectivity index (χ3v) is 5.93. The standard InChI is InChI=1S/C25H25Cl3N2O2/c1-16(30-24(31)25(2,3)32-23-12-11-21(28)15-29-23)22(18-5-4-6-20(27)14-18)13-17-7-9-19(26)10-8-17/h4-12,14-16,22H,13H2,1-3H3,(H,30,31). The number of hydrogen-bond acceptors (Lipinski definition) is 3. The van der Waals surface area contributed by atoms with Crippen LogP contribution in [0.4, 0.5) is 0 Å². The van der Waals surface area contributed by atoms with Gasteiger partial charge in [0.2, 0.25) is 5.88 Å². The second kappa shape index (κ2) is 10.6. The summed E-state index contributed by atoms with van der Waals surface area (Å²) in [6.45, 7) is 5.40. The summed E-state index contributed by atoms with van der Waals surface area (Å²) in [6.07, 6.45) is 2.19. The van der Waals surface area contributed by atoms with Gasteiger partial charge in [0.25, 0.3) is 5.91 Å². The van der Waals surface area contributed by atoms with Gasteiger partial charge in [0.15, 0.2) is 5.60 Å². The molecule has 3 aromatic rings. The van der Waals surface area contributed by atoms with Gasteiger partial charge in [-0.2, -0.15) is 0 Å². The van der Waals surface area contributed by atoms with E-state index in [2.05, 4.69) is 10.3 Å². The maximum Gasteiger partial charge on any atom is 0.263 e. The summed E-state index contributed by atoms with van der Waals surface area (Å²) in [5.41, 5.74) is 1.02. The van der Waals surface area contributed by atoms with Gasteiger partial charge in [0.05, 0.1) is 5.02 Å². The van der Waals surface area contributed by atoms with Crippen LogP contribution in [0.1, 0.15) is 37.8 Å². The van der Waals surface area contributed by atoms with Gasteiger partial charge in [-0.3, -0.25) is 4.79 Å². The molecule has 0 aliphatic rings. The van der Waals surface area contributed by atoms with E-state index in [1.54, 1.807) is 26.0 Å². The van der Waals surface area contributed by atoms with Gasteiger partial charge < -0.3 is 10.1 Å². The Morgan fingerprint density at radius 3 is 2.31 bits per heavy atom. The lowest BCUT2D eigenvalue weighted by atomic mass is 9.86. The zero-order valence-corrected chi connectivity index (χ0v) is 20.4. The number of nitrogens with one attached hydrogen (secondary N) is 1. The quantitative estimate of drug-likeness (QED) is 0.380. The molecule has 2 atom stereocenters. The second-order valence-corrected chi connectivity index (χ2v) is 9.49. The predicted octanol–water partition coefficient (Wildman–Crippen LogP) is 6.73. The topological polar surface area (TPSA) is 51.2 Å². The molecular weight excluding hydrogens is 467 g/mol. The van der Waals surface area contributed by atoms with Gasteiger partial charge in [-0.05, 0) is 68.7 Å². The first kappa shape index (κ1) is 24.4. The van der Waals surface area contributed by atoms with Crippen molar-refractivity contribution in [2.75, 3.05) is 0 Å². The lowest BCUT2D eigenvalue weighted by Crippen LogP contribution is -2.51. The van der Waals surface area contributed by atoms with Crippen molar-refractivity contribution in [2.45, 2.75) is 44.8 Å². The third kappa shape index (κ3) is 6.61. The molecule has 0 saturated heterocycles. The van der Waals surface area contributed by atoms with Crippen molar-refractivity contribution in [2.24, 2.45) is 0 Å². The van der Waals surface area contributed by atoms with E-state index < -0.39 is 5.60 Å². The molecule has 4 nitrogen and oxygen atoms in total. The van der Waals surface area contributed by atoms with E-state index in [0.29, 0.717) is 27.4 Å². The Morgan fingerprint density at radius 2 is 1.69 bits per heavy atom. The Bertz CT molecular complexity index is 1050. The summed E-state index contributed by atoms with van der Waals surface area (Å²) in [5.74, 6) is 0.0722. The smallest absolute Gasteiger partial charge is 0.263 e. The molecule has 0 saturated carbocycles. The summed E-state index contributed by atoms with van der Waals surface area (Å²) in [7, 11) is 0. The molecule has 1 aromatic heterocycles. The Balaban J connectivity index is 1.78. The van der Waals surface area contributed by atoms with Crippen LogP contribution >= 0.6 is 34.8 Å². The van der Waals surface area contributed by atoms with Crippen LogP contribution in [0.25, 0.3) is 0 Å². The molecule has 1 heterocycles. The predicted molar refractivity (Wildman–Crippen MR) is 131 cm³/mol. The summed E-state index contributed by atoms with van der Waals surface area (Å²) in [6, 6.07) is 18.5. The van der Waals surface area contributed by atoms with Crippen LogP contribution in [-0.4, -0.2) is 22.5 Å². The number of pyridine rings is 1. The molecule has 0 aliphatic heterocycles. The lowest BCUT2D eigenvalue weighted by Gasteiger charge is -2.30. The average Bonchev–Trinajstić information content (AvgIpc) is 2.74. The number of halogens is 3. The molecular formula is C25H25Cl3N2O2. The first-order valence-electron chi connectivity index (χ1n) is 10.3. The highest BCUT2D eigenvalue weighted by molar-refractivity contribution is 6.31. The number of nitrogens with zero attached hydrogens (tertiary/aromatic N) is 1. The molecule has 0 bridgehead atoms. The summed E-state index contributed by atoms with van der Waals surface area (Å²) in [4.78, 5) is 17.2. The largest absolute Gasteiger partial charge is 0.462 e. The number of rotatable bonds is 8. The molecule has 0 fully saturated rings. The molecule has 0 spiro atoms. The van der Waals surface area contributed by atoms with Crippen molar-refractivity contribution in [3.05, 3.63) is 93.1 Å². The van der Waals surface area contributed by atoms with E-state index in [1.807, 2.05) is 55.5 Å². The van der Waals surface area contributed by atoms with Crippen molar-refractivity contribution >= 4 is 40.7 Å². The highest BCUT2D eigenvalue weighted by atomic mass is 35.5. The number of ether oxygens (including phenoxy) is 1. The van der Waals surface area contributed by atoms with E-state index in [-0.39, 0.29) is 17.9 Å². The fourth-order valence-corrected chi connectivity index (χ4v) is 3.84. The van der Waals surface area contributed by atoms with E-state index in [1.165, 1.54) is 6.20 Å². The number of amides is 1. The van der Waals surface area contributed by atoms with Crippen LogP contribution in [0.2, 0.25) is 15.1 Å². The number of benzene rings is 2. The average molecular weight is 492 g/mol. The van der Waals surface area contributed by atoms with Crippen molar-refractivity contribution in [3.8, 4) is 5.88 Å². The van der Waals surface area contributed by atoms with Crippen LogP contribution in [0.15, 0.2) is 66.9 Å².